The van der Waals surface area contributed by atoms with E-state index in [2.05, 4.69) is 0 Å². The number of aliphatic hydroxyl groups excluding tert-OH is 1. The lowest BCUT2D eigenvalue weighted by Crippen LogP contribution is -2.37. The first-order chi connectivity index (χ1) is 19.5. The average molecular weight is 600 g/mol. The van der Waals surface area contributed by atoms with Crippen molar-refractivity contribution in [2.24, 2.45) is 0 Å². The zero-order valence-corrected chi connectivity index (χ0v) is 24.1. The van der Waals surface area contributed by atoms with E-state index in [0.717, 1.165) is 35.1 Å². The number of halogens is 3. The molecule has 1 N–H and O–H groups in total. The lowest BCUT2D eigenvalue weighted by Gasteiger charge is -2.36. The van der Waals surface area contributed by atoms with Gasteiger partial charge in [-0.1, -0.05) is 23.2 Å². The van der Waals surface area contributed by atoms with Gasteiger partial charge in [0.05, 0.1) is 39.7 Å². The third-order valence-electron chi connectivity index (χ3n) is 8.31. The summed E-state index contributed by atoms with van der Waals surface area (Å²) in [5.41, 5.74) is 3.00. The van der Waals surface area contributed by atoms with Crippen LogP contribution in [0.3, 0.4) is 0 Å². The highest BCUT2D eigenvalue weighted by Gasteiger charge is 2.36. The minimum Gasteiger partial charge on any atom is -0.395 e. The van der Waals surface area contributed by atoms with Gasteiger partial charge in [-0.15, -0.1) is 0 Å². The number of rotatable bonds is 6. The minimum absolute atomic E-state index is 0.0997. The second kappa shape index (κ2) is 13.8. The first-order valence-electron chi connectivity index (χ1n) is 13.9. The molecule has 0 aliphatic carbocycles. The molecule has 40 heavy (non-hydrogen) atoms. The van der Waals surface area contributed by atoms with Crippen LogP contribution in [0.2, 0.25) is 10.0 Å². The lowest BCUT2D eigenvalue weighted by atomic mass is 9.74. The van der Waals surface area contributed by atoms with Crippen LogP contribution in [0.1, 0.15) is 60.5 Å². The summed E-state index contributed by atoms with van der Waals surface area (Å²) >= 11 is 12.4. The van der Waals surface area contributed by atoms with Crippen molar-refractivity contribution in [1.82, 2.24) is 0 Å². The van der Waals surface area contributed by atoms with Crippen molar-refractivity contribution in [3.05, 3.63) is 68.7 Å². The van der Waals surface area contributed by atoms with Gasteiger partial charge in [-0.05, 0) is 73.2 Å². The molecule has 4 aliphatic rings. The van der Waals surface area contributed by atoms with Gasteiger partial charge < -0.3 is 33.5 Å². The second-order valence-corrected chi connectivity index (χ2v) is 11.6. The van der Waals surface area contributed by atoms with Crippen LogP contribution in [0.4, 0.5) is 4.39 Å². The van der Waals surface area contributed by atoms with Crippen LogP contribution in [0, 0.1) is 0 Å². The van der Waals surface area contributed by atoms with Gasteiger partial charge in [0.15, 0.2) is 12.6 Å². The molecule has 0 bridgehead atoms. The highest BCUT2D eigenvalue weighted by Crippen LogP contribution is 2.40. The first kappa shape index (κ1) is 30.1. The van der Waals surface area contributed by atoms with E-state index in [1.165, 1.54) is 0 Å². The van der Waals surface area contributed by atoms with Gasteiger partial charge in [-0.2, -0.15) is 0 Å². The van der Waals surface area contributed by atoms with Crippen molar-refractivity contribution in [2.75, 3.05) is 66.1 Å². The fourth-order valence-electron chi connectivity index (χ4n) is 5.77. The van der Waals surface area contributed by atoms with E-state index in [1.807, 2.05) is 36.4 Å². The minimum atomic E-state index is -0.490. The molecule has 6 rings (SSSR count). The Morgan fingerprint density at radius 3 is 1.43 bits per heavy atom. The Morgan fingerprint density at radius 1 is 0.625 bits per heavy atom. The molecular formula is C30H37Cl2FO7. The summed E-state index contributed by atoms with van der Waals surface area (Å²) in [5, 5.41) is 11.1. The zero-order chi connectivity index (χ0) is 28.0. The molecule has 2 aromatic rings. The number of benzene rings is 2. The Labute approximate surface area is 244 Å². The second-order valence-electron chi connectivity index (χ2n) is 10.8. The number of hydrogen-bond acceptors (Lipinski definition) is 7. The molecule has 0 amide bonds. The topological polar surface area (TPSA) is 75.6 Å². The molecule has 10 heteroatoms. The fourth-order valence-corrected chi connectivity index (χ4v) is 6.26. The summed E-state index contributed by atoms with van der Waals surface area (Å²) in [7, 11) is 0. The molecule has 4 saturated heterocycles. The highest BCUT2D eigenvalue weighted by atomic mass is 35.5. The van der Waals surface area contributed by atoms with Crippen molar-refractivity contribution in [3.8, 4) is 0 Å². The van der Waals surface area contributed by atoms with Gasteiger partial charge in [-0.3, -0.25) is 4.39 Å². The van der Waals surface area contributed by atoms with Crippen LogP contribution in [0.15, 0.2) is 36.4 Å². The molecule has 0 unspecified atom stereocenters. The van der Waals surface area contributed by atoms with Crippen LogP contribution < -0.4 is 0 Å². The van der Waals surface area contributed by atoms with Crippen LogP contribution in [0.5, 0.6) is 0 Å². The van der Waals surface area contributed by atoms with E-state index in [-0.39, 0.29) is 24.6 Å². The lowest BCUT2D eigenvalue weighted by molar-refractivity contribution is -0.0445. The Hall–Kier alpha value is -1.33. The molecule has 220 valence electrons. The number of hydrogen-bond donors (Lipinski definition) is 1. The van der Waals surface area contributed by atoms with Gasteiger partial charge in [0.25, 0.3) is 0 Å². The predicted octanol–water partition coefficient (Wildman–Crippen LogP) is 5.83. The zero-order valence-electron chi connectivity index (χ0n) is 22.5. The molecular weight excluding hydrogens is 562 g/mol. The molecule has 0 aromatic heterocycles. The number of alkyl halides is 1. The smallest absolute Gasteiger partial charge is 0.184 e. The standard InChI is InChI=1S/C15H18ClFO3.C15H19ClO4/c2*16-13-8-11(14-19-5-6-20-14)7-12(9-13)15(10-17)1-3-18-4-2-15/h7-9,14H,1-6,10H2;7-9,14,17H,1-6,10H2. The van der Waals surface area contributed by atoms with E-state index < -0.39 is 12.1 Å². The van der Waals surface area contributed by atoms with Crippen molar-refractivity contribution < 1.29 is 37.9 Å². The Bertz CT molecular complexity index is 1020. The maximum absolute atomic E-state index is 13.7. The van der Waals surface area contributed by atoms with Crippen molar-refractivity contribution in [1.29, 1.82) is 0 Å². The summed E-state index contributed by atoms with van der Waals surface area (Å²) in [5.74, 6) is 0. The van der Waals surface area contributed by atoms with Crippen molar-refractivity contribution >= 4 is 23.2 Å². The Balaban J connectivity index is 0.000000161. The van der Waals surface area contributed by atoms with Crippen molar-refractivity contribution in [2.45, 2.75) is 49.1 Å². The quantitative estimate of drug-likeness (QED) is 0.448. The molecule has 0 radical (unpaired) electrons. The van der Waals surface area contributed by atoms with Gasteiger partial charge in [0.2, 0.25) is 0 Å². The summed E-state index contributed by atoms with van der Waals surface area (Å²) in [6.45, 7) is 4.56. The fraction of sp³-hybridized carbons (Fsp3) is 0.600. The highest BCUT2D eigenvalue weighted by molar-refractivity contribution is 6.31. The summed E-state index contributed by atoms with van der Waals surface area (Å²) in [6.07, 6.45) is 2.23. The number of ether oxygens (including phenoxy) is 6. The molecule has 7 nitrogen and oxygen atoms in total. The van der Waals surface area contributed by atoms with E-state index in [0.29, 0.717) is 75.7 Å². The SMILES string of the molecule is FCC1(c2cc(Cl)cc(C3OCCO3)c2)CCOCC1.OCC1(c2cc(Cl)cc(C3OCCO3)c2)CCOCC1. The molecule has 4 fully saturated rings. The normalized spacial score (nSPS) is 23.1. The summed E-state index contributed by atoms with van der Waals surface area (Å²) < 4.78 is 46.6. The molecule has 0 spiro atoms. The van der Waals surface area contributed by atoms with Gasteiger partial charge in [-0.25, -0.2) is 0 Å². The first-order valence-corrected chi connectivity index (χ1v) is 14.6. The van der Waals surface area contributed by atoms with Crippen LogP contribution in [-0.2, 0) is 39.3 Å². The molecule has 4 aliphatic heterocycles. The maximum atomic E-state index is 13.7. The van der Waals surface area contributed by atoms with Crippen molar-refractivity contribution in [3.63, 3.8) is 0 Å². The van der Waals surface area contributed by atoms with E-state index in [1.54, 1.807) is 0 Å². The van der Waals surface area contributed by atoms with E-state index >= 15 is 0 Å². The maximum Gasteiger partial charge on any atom is 0.184 e. The van der Waals surface area contributed by atoms with Crippen LogP contribution >= 0.6 is 23.2 Å². The third-order valence-corrected chi connectivity index (χ3v) is 8.75. The molecule has 0 saturated carbocycles. The summed E-state index contributed by atoms with van der Waals surface area (Å²) in [4.78, 5) is 0. The molecule has 2 aromatic carbocycles. The molecule has 4 heterocycles. The average Bonchev–Trinajstić information content (AvgIpc) is 3.73. The predicted molar refractivity (Wildman–Crippen MR) is 149 cm³/mol. The van der Waals surface area contributed by atoms with E-state index in [4.69, 9.17) is 51.6 Å². The van der Waals surface area contributed by atoms with Crippen LogP contribution in [0.25, 0.3) is 0 Å². The summed E-state index contributed by atoms with van der Waals surface area (Å²) in [6, 6.07) is 11.5. The van der Waals surface area contributed by atoms with Gasteiger partial charge in [0.1, 0.15) is 0 Å². The van der Waals surface area contributed by atoms with Crippen LogP contribution in [-0.4, -0.2) is 71.2 Å². The third kappa shape index (κ3) is 6.83. The largest absolute Gasteiger partial charge is 0.395 e. The van der Waals surface area contributed by atoms with E-state index in [9.17, 15) is 9.50 Å². The number of aliphatic hydroxyl groups is 1. The Morgan fingerprint density at radius 2 is 1.02 bits per heavy atom. The monoisotopic (exact) mass is 598 g/mol. The van der Waals surface area contributed by atoms with Gasteiger partial charge in [0, 0.05) is 58.4 Å². The Kier molecular flexibility index (Phi) is 10.4. The van der Waals surface area contributed by atoms with Gasteiger partial charge >= 0.3 is 0 Å². The molecule has 0 atom stereocenters.